The Labute approximate surface area is 159 Å². The van der Waals surface area contributed by atoms with Gasteiger partial charge < -0.3 is 14.8 Å². The Hall–Kier alpha value is -2.82. The first-order valence-electron chi connectivity index (χ1n) is 9.39. The first kappa shape index (κ1) is 19.0. The van der Waals surface area contributed by atoms with E-state index in [9.17, 15) is 9.59 Å². The van der Waals surface area contributed by atoms with Gasteiger partial charge in [-0.3, -0.25) is 4.79 Å². The van der Waals surface area contributed by atoms with E-state index in [1.54, 1.807) is 25.1 Å². The number of amides is 1. The van der Waals surface area contributed by atoms with Gasteiger partial charge in [0.05, 0.1) is 12.2 Å². The summed E-state index contributed by atoms with van der Waals surface area (Å²) in [6.07, 6.45) is 4.64. The Balaban J connectivity index is 1.57. The molecule has 0 saturated heterocycles. The number of rotatable bonds is 6. The summed E-state index contributed by atoms with van der Waals surface area (Å²) in [5.41, 5.74) is 4.63. The summed E-state index contributed by atoms with van der Waals surface area (Å²) >= 11 is 0. The molecule has 0 fully saturated rings. The van der Waals surface area contributed by atoms with Gasteiger partial charge in [0, 0.05) is 5.69 Å². The highest BCUT2D eigenvalue weighted by Crippen LogP contribution is 2.25. The minimum absolute atomic E-state index is 0.0577. The lowest BCUT2D eigenvalue weighted by atomic mass is 9.92. The molecule has 1 aliphatic rings. The van der Waals surface area contributed by atoms with Crippen molar-refractivity contribution >= 4 is 17.6 Å². The molecule has 1 amide bonds. The van der Waals surface area contributed by atoms with Gasteiger partial charge in [0.1, 0.15) is 5.75 Å². The number of esters is 1. The Morgan fingerprint density at radius 2 is 1.81 bits per heavy atom. The lowest BCUT2D eigenvalue weighted by Gasteiger charge is -2.17. The molecule has 0 saturated carbocycles. The van der Waals surface area contributed by atoms with Gasteiger partial charge in [0.2, 0.25) is 0 Å². The second kappa shape index (κ2) is 8.71. The first-order chi connectivity index (χ1) is 13.1. The predicted molar refractivity (Wildman–Crippen MR) is 104 cm³/mol. The summed E-state index contributed by atoms with van der Waals surface area (Å²) in [7, 11) is 0. The van der Waals surface area contributed by atoms with E-state index in [4.69, 9.17) is 9.47 Å². The highest BCUT2D eigenvalue weighted by molar-refractivity contribution is 5.94. The number of nitrogens with one attached hydrogen (secondary N) is 1. The third kappa shape index (κ3) is 4.88. The number of fused-ring (bicyclic) bond motifs is 1. The zero-order valence-electron chi connectivity index (χ0n) is 15.8. The van der Waals surface area contributed by atoms with E-state index < -0.39 is 0 Å². The predicted octanol–water partition coefficient (Wildman–Crippen LogP) is 4.07. The van der Waals surface area contributed by atoms with Crippen LogP contribution in [0.2, 0.25) is 0 Å². The number of benzene rings is 2. The maximum absolute atomic E-state index is 12.2. The van der Waals surface area contributed by atoms with Crippen LogP contribution in [0.4, 0.5) is 5.69 Å². The maximum atomic E-state index is 12.2. The second-order valence-corrected chi connectivity index (χ2v) is 6.72. The standard InChI is InChI=1S/C22H25NO4/c1-3-26-22(25)18-9-11-20(15(2)12-18)23-21(24)14-27-19-10-8-16-6-4-5-7-17(16)13-19/h8-13H,3-7,14H2,1-2H3,(H,23,24). The smallest absolute Gasteiger partial charge is 0.338 e. The van der Waals surface area contributed by atoms with Crippen molar-refractivity contribution in [1.82, 2.24) is 0 Å². The molecule has 0 radical (unpaired) electrons. The van der Waals surface area contributed by atoms with E-state index in [1.807, 2.05) is 19.1 Å². The number of anilines is 1. The Bertz CT molecular complexity index is 844. The number of carbonyl (C=O) groups excluding carboxylic acids is 2. The summed E-state index contributed by atoms with van der Waals surface area (Å²) in [4.78, 5) is 24.0. The molecule has 27 heavy (non-hydrogen) atoms. The van der Waals surface area contributed by atoms with Crippen molar-refractivity contribution in [2.75, 3.05) is 18.5 Å². The second-order valence-electron chi connectivity index (χ2n) is 6.72. The maximum Gasteiger partial charge on any atom is 0.338 e. The summed E-state index contributed by atoms with van der Waals surface area (Å²) in [6, 6.07) is 11.1. The van der Waals surface area contributed by atoms with Gasteiger partial charge in [-0.2, -0.15) is 0 Å². The summed E-state index contributed by atoms with van der Waals surface area (Å²) < 4.78 is 10.6. The van der Waals surface area contributed by atoms with Crippen LogP contribution in [0.25, 0.3) is 0 Å². The molecule has 0 atom stereocenters. The zero-order chi connectivity index (χ0) is 19.2. The third-order valence-corrected chi connectivity index (χ3v) is 4.70. The summed E-state index contributed by atoms with van der Waals surface area (Å²) in [5, 5.41) is 2.82. The monoisotopic (exact) mass is 367 g/mol. The van der Waals surface area contributed by atoms with E-state index in [0.717, 1.165) is 24.2 Å². The van der Waals surface area contributed by atoms with Gasteiger partial charge in [-0.15, -0.1) is 0 Å². The molecule has 0 unspecified atom stereocenters. The fraction of sp³-hybridized carbons (Fsp3) is 0.364. The molecule has 5 nitrogen and oxygen atoms in total. The Kier molecular flexibility index (Phi) is 6.12. The van der Waals surface area contributed by atoms with Crippen molar-refractivity contribution < 1.29 is 19.1 Å². The molecule has 0 bridgehead atoms. The molecule has 0 spiro atoms. The van der Waals surface area contributed by atoms with Crippen LogP contribution < -0.4 is 10.1 Å². The average molecular weight is 367 g/mol. The molecular formula is C22H25NO4. The van der Waals surface area contributed by atoms with Crippen LogP contribution in [-0.4, -0.2) is 25.1 Å². The lowest BCUT2D eigenvalue weighted by Crippen LogP contribution is -2.21. The van der Waals surface area contributed by atoms with E-state index in [1.165, 1.54) is 24.0 Å². The fourth-order valence-electron chi connectivity index (χ4n) is 3.28. The van der Waals surface area contributed by atoms with Crippen molar-refractivity contribution in [3.63, 3.8) is 0 Å². The molecule has 0 aromatic heterocycles. The molecule has 142 valence electrons. The van der Waals surface area contributed by atoms with E-state index in [0.29, 0.717) is 17.9 Å². The summed E-state index contributed by atoms with van der Waals surface area (Å²) in [5.74, 6) is 0.120. The van der Waals surface area contributed by atoms with Gasteiger partial charge in [-0.05, 0) is 86.6 Å². The van der Waals surface area contributed by atoms with Crippen LogP contribution >= 0.6 is 0 Å². The van der Waals surface area contributed by atoms with Crippen molar-refractivity contribution in [3.8, 4) is 5.75 Å². The van der Waals surface area contributed by atoms with Gasteiger partial charge in [-0.1, -0.05) is 6.07 Å². The number of ether oxygens (including phenoxy) is 2. The Morgan fingerprint density at radius 1 is 1.04 bits per heavy atom. The molecular weight excluding hydrogens is 342 g/mol. The summed E-state index contributed by atoms with van der Waals surface area (Å²) in [6.45, 7) is 3.87. The minimum Gasteiger partial charge on any atom is -0.484 e. The normalized spacial score (nSPS) is 12.8. The SMILES string of the molecule is CCOC(=O)c1ccc(NC(=O)COc2ccc3c(c2)CCCC3)c(C)c1. The number of aryl methyl sites for hydroxylation is 3. The number of hydrogen-bond acceptors (Lipinski definition) is 4. The quantitative estimate of drug-likeness (QED) is 0.782. The molecule has 5 heteroatoms. The van der Waals surface area contributed by atoms with Crippen molar-refractivity contribution in [2.24, 2.45) is 0 Å². The fourth-order valence-corrected chi connectivity index (χ4v) is 3.28. The Morgan fingerprint density at radius 3 is 2.56 bits per heavy atom. The molecule has 0 heterocycles. The topological polar surface area (TPSA) is 64.6 Å². The van der Waals surface area contributed by atoms with E-state index in [-0.39, 0.29) is 18.5 Å². The van der Waals surface area contributed by atoms with Crippen LogP contribution in [0.3, 0.4) is 0 Å². The minimum atomic E-state index is -0.366. The average Bonchev–Trinajstić information content (AvgIpc) is 2.68. The van der Waals surface area contributed by atoms with Crippen molar-refractivity contribution in [2.45, 2.75) is 39.5 Å². The van der Waals surface area contributed by atoms with Crippen molar-refractivity contribution in [3.05, 3.63) is 58.7 Å². The molecule has 3 rings (SSSR count). The molecule has 2 aromatic rings. The molecule has 1 aliphatic carbocycles. The van der Waals surface area contributed by atoms with Gasteiger partial charge in [-0.25, -0.2) is 4.79 Å². The van der Waals surface area contributed by atoms with Crippen LogP contribution in [0.5, 0.6) is 5.75 Å². The van der Waals surface area contributed by atoms with Crippen LogP contribution in [0.1, 0.15) is 46.8 Å². The highest BCUT2D eigenvalue weighted by atomic mass is 16.5. The van der Waals surface area contributed by atoms with Crippen LogP contribution in [0.15, 0.2) is 36.4 Å². The molecule has 1 N–H and O–H groups in total. The van der Waals surface area contributed by atoms with Crippen molar-refractivity contribution in [1.29, 1.82) is 0 Å². The zero-order valence-corrected chi connectivity index (χ0v) is 15.8. The molecule has 0 aliphatic heterocycles. The van der Waals surface area contributed by atoms with Crippen LogP contribution in [-0.2, 0) is 22.4 Å². The van der Waals surface area contributed by atoms with E-state index in [2.05, 4.69) is 11.4 Å². The third-order valence-electron chi connectivity index (χ3n) is 4.70. The lowest BCUT2D eigenvalue weighted by molar-refractivity contribution is -0.118. The van der Waals surface area contributed by atoms with Crippen LogP contribution in [0, 0.1) is 6.92 Å². The van der Waals surface area contributed by atoms with Gasteiger partial charge in [0.25, 0.3) is 5.91 Å². The number of hydrogen-bond donors (Lipinski definition) is 1. The molecule has 2 aromatic carbocycles. The number of carbonyl (C=O) groups is 2. The highest BCUT2D eigenvalue weighted by Gasteiger charge is 2.12. The van der Waals surface area contributed by atoms with Gasteiger partial charge in [0.15, 0.2) is 6.61 Å². The largest absolute Gasteiger partial charge is 0.484 e. The first-order valence-corrected chi connectivity index (χ1v) is 9.39. The van der Waals surface area contributed by atoms with Gasteiger partial charge >= 0.3 is 5.97 Å². The van der Waals surface area contributed by atoms with E-state index >= 15 is 0 Å².